The largest absolute Gasteiger partial charge is 0.396 e. The van der Waals surface area contributed by atoms with Gasteiger partial charge in [-0.1, -0.05) is 48.5 Å². The zero-order valence-electron chi connectivity index (χ0n) is 10.9. The molecule has 2 heteroatoms. The zero-order valence-corrected chi connectivity index (χ0v) is 10.9. The van der Waals surface area contributed by atoms with Gasteiger partial charge in [0, 0.05) is 12.5 Å². The van der Waals surface area contributed by atoms with E-state index < -0.39 is 0 Å². The highest BCUT2D eigenvalue weighted by atomic mass is 16.3. The number of aliphatic hydroxyl groups is 1. The van der Waals surface area contributed by atoms with Crippen LogP contribution in [0.2, 0.25) is 0 Å². The van der Waals surface area contributed by atoms with E-state index in [1.165, 1.54) is 22.3 Å². The molecular formula is C17H19NO. The molecule has 0 aliphatic heterocycles. The topological polar surface area (TPSA) is 46.2 Å². The molecule has 1 atom stereocenters. The first-order valence-electron chi connectivity index (χ1n) is 6.86. The minimum Gasteiger partial charge on any atom is -0.396 e. The van der Waals surface area contributed by atoms with Gasteiger partial charge in [-0.25, -0.2) is 0 Å². The molecule has 0 saturated carbocycles. The standard InChI is InChI=1S/C17H19NO/c18-10-9-12(11-19)17-15-7-3-1-5-13(15)14-6-2-4-8-16(14)17/h1-8,12,17,19H,9-11,18H2/t12-/m1/s1. The van der Waals surface area contributed by atoms with Gasteiger partial charge in [0.05, 0.1) is 0 Å². The van der Waals surface area contributed by atoms with Crippen LogP contribution in [-0.2, 0) is 0 Å². The third-order valence-corrected chi connectivity index (χ3v) is 4.13. The number of aliphatic hydroxyl groups excluding tert-OH is 1. The zero-order chi connectivity index (χ0) is 13.2. The summed E-state index contributed by atoms with van der Waals surface area (Å²) in [5.41, 5.74) is 11.0. The number of hydrogen-bond acceptors (Lipinski definition) is 2. The summed E-state index contributed by atoms with van der Waals surface area (Å²) in [6.07, 6.45) is 0.851. The van der Waals surface area contributed by atoms with Crippen molar-refractivity contribution in [1.82, 2.24) is 0 Å². The highest BCUT2D eigenvalue weighted by Gasteiger charge is 2.33. The number of fused-ring (bicyclic) bond motifs is 3. The van der Waals surface area contributed by atoms with Gasteiger partial charge < -0.3 is 10.8 Å². The fourth-order valence-electron chi connectivity index (χ4n) is 3.28. The molecule has 1 aliphatic rings. The second-order valence-electron chi connectivity index (χ2n) is 5.17. The Bertz CT molecular complexity index is 533. The van der Waals surface area contributed by atoms with Gasteiger partial charge in [0.15, 0.2) is 0 Å². The molecule has 3 rings (SSSR count). The number of nitrogens with two attached hydrogens (primary N) is 1. The van der Waals surface area contributed by atoms with Crippen LogP contribution in [0.4, 0.5) is 0 Å². The summed E-state index contributed by atoms with van der Waals surface area (Å²) in [4.78, 5) is 0. The van der Waals surface area contributed by atoms with Crippen molar-refractivity contribution < 1.29 is 5.11 Å². The lowest BCUT2D eigenvalue weighted by Gasteiger charge is -2.23. The third kappa shape index (κ3) is 1.97. The second-order valence-corrected chi connectivity index (χ2v) is 5.17. The van der Waals surface area contributed by atoms with Crippen molar-refractivity contribution in [3.05, 3.63) is 59.7 Å². The van der Waals surface area contributed by atoms with E-state index in [1.54, 1.807) is 0 Å². The van der Waals surface area contributed by atoms with Crippen LogP contribution in [0.5, 0.6) is 0 Å². The van der Waals surface area contributed by atoms with Crippen LogP contribution < -0.4 is 5.73 Å². The van der Waals surface area contributed by atoms with E-state index in [0.29, 0.717) is 6.54 Å². The molecule has 0 amide bonds. The first-order chi connectivity index (χ1) is 9.36. The Balaban J connectivity index is 2.14. The normalized spacial score (nSPS) is 15.1. The Morgan fingerprint density at radius 3 is 1.95 bits per heavy atom. The van der Waals surface area contributed by atoms with Crippen molar-refractivity contribution in [2.24, 2.45) is 11.7 Å². The minimum absolute atomic E-state index is 0.185. The molecule has 98 valence electrons. The fraction of sp³-hybridized carbons (Fsp3) is 0.294. The van der Waals surface area contributed by atoms with Crippen LogP contribution in [0.25, 0.3) is 11.1 Å². The Kier molecular flexibility index (Phi) is 3.36. The van der Waals surface area contributed by atoms with Crippen molar-refractivity contribution in [1.29, 1.82) is 0 Å². The smallest absolute Gasteiger partial charge is 0.0468 e. The van der Waals surface area contributed by atoms with Gasteiger partial charge in [0.25, 0.3) is 0 Å². The first-order valence-corrected chi connectivity index (χ1v) is 6.86. The summed E-state index contributed by atoms with van der Waals surface area (Å²) in [6, 6.07) is 17.0. The fourth-order valence-corrected chi connectivity index (χ4v) is 3.28. The Hall–Kier alpha value is -1.64. The molecule has 0 unspecified atom stereocenters. The number of hydrogen-bond donors (Lipinski definition) is 2. The van der Waals surface area contributed by atoms with Crippen LogP contribution in [0.3, 0.4) is 0 Å². The molecule has 0 bridgehead atoms. The van der Waals surface area contributed by atoms with Crippen LogP contribution >= 0.6 is 0 Å². The van der Waals surface area contributed by atoms with Crippen molar-refractivity contribution in [3.63, 3.8) is 0 Å². The lowest BCUT2D eigenvalue weighted by Crippen LogP contribution is -2.20. The molecule has 0 radical (unpaired) electrons. The summed E-state index contributed by atoms with van der Waals surface area (Å²) >= 11 is 0. The quantitative estimate of drug-likeness (QED) is 0.880. The average molecular weight is 253 g/mol. The van der Waals surface area contributed by atoms with Crippen LogP contribution in [0, 0.1) is 5.92 Å². The molecule has 1 aliphatic carbocycles. The monoisotopic (exact) mass is 253 g/mol. The van der Waals surface area contributed by atoms with Gasteiger partial charge in [-0.3, -0.25) is 0 Å². The van der Waals surface area contributed by atoms with E-state index in [0.717, 1.165) is 6.42 Å². The van der Waals surface area contributed by atoms with Crippen LogP contribution in [0.15, 0.2) is 48.5 Å². The number of benzene rings is 2. The van der Waals surface area contributed by atoms with Gasteiger partial charge in [-0.05, 0) is 41.1 Å². The molecule has 0 heterocycles. The third-order valence-electron chi connectivity index (χ3n) is 4.13. The van der Waals surface area contributed by atoms with E-state index in [1.807, 2.05) is 0 Å². The summed E-state index contributed by atoms with van der Waals surface area (Å²) in [6.45, 7) is 0.802. The van der Waals surface area contributed by atoms with Gasteiger partial charge in [0.1, 0.15) is 0 Å². The Morgan fingerprint density at radius 2 is 1.47 bits per heavy atom. The lowest BCUT2D eigenvalue weighted by molar-refractivity contribution is 0.208. The summed E-state index contributed by atoms with van der Waals surface area (Å²) in [7, 11) is 0. The molecule has 19 heavy (non-hydrogen) atoms. The Morgan fingerprint density at radius 1 is 0.947 bits per heavy atom. The number of rotatable bonds is 4. The highest BCUT2D eigenvalue weighted by Crippen LogP contribution is 2.48. The molecule has 2 aromatic carbocycles. The van der Waals surface area contributed by atoms with Crippen molar-refractivity contribution in [2.45, 2.75) is 12.3 Å². The minimum atomic E-state index is 0.185. The van der Waals surface area contributed by atoms with E-state index in [9.17, 15) is 5.11 Å². The maximum atomic E-state index is 9.71. The van der Waals surface area contributed by atoms with E-state index in [4.69, 9.17) is 5.73 Å². The summed E-state index contributed by atoms with van der Waals surface area (Å²) in [5.74, 6) is 0.482. The van der Waals surface area contributed by atoms with Gasteiger partial charge in [0.2, 0.25) is 0 Å². The molecule has 2 aromatic rings. The average Bonchev–Trinajstić information content (AvgIpc) is 2.80. The molecule has 3 N–H and O–H groups in total. The second kappa shape index (κ2) is 5.16. The van der Waals surface area contributed by atoms with Gasteiger partial charge >= 0.3 is 0 Å². The molecule has 0 aromatic heterocycles. The SMILES string of the molecule is NCC[C@H](CO)C1c2ccccc2-c2ccccc21. The summed E-state index contributed by atoms with van der Waals surface area (Å²) in [5, 5.41) is 9.71. The molecule has 0 saturated heterocycles. The van der Waals surface area contributed by atoms with E-state index in [-0.39, 0.29) is 18.4 Å². The van der Waals surface area contributed by atoms with Crippen molar-refractivity contribution in [3.8, 4) is 11.1 Å². The van der Waals surface area contributed by atoms with Gasteiger partial charge in [-0.15, -0.1) is 0 Å². The van der Waals surface area contributed by atoms with Crippen molar-refractivity contribution in [2.75, 3.05) is 13.2 Å². The van der Waals surface area contributed by atoms with Crippen LogP contribution in [-0.4, -0.2) is 18.3 Å². The highest BCUT2D eigenvalue weighted by molar-refractivity contribution is 5.78. The summed E-state index contributed by atoms with van der Waals surface area (Å²) < 4.78 is 0. The van der Waals surface area contributed by atoms with E-state index in [2.05, 4.69) is 48.5 Å². The predicted octanol–water partition coefficient (Wildman–Crippen LogP) is 2.76. The Labute approximate surface area is 113 Å². The van der Waals surface area contributed by atoms with Gasteiger partial charge in [-0.2, -0.15) is 0 Å². The molecule has 0 spiro atoms. The van der Waals surface area contributed by atoms with E-state index >= 15 is 0 Å². The predicted molar refractivity (Wildman–Crippen MR) is 78.0 cm³/mol. The van der Waals surface area contributed by atoms with Crippen LogP contribution in [0.1, 0.15) is 23.5 Å². The molecule has 0 fully saturated rings. The maximum Gasteiger partial charge on any atom is 0.0468 e. The first kappa shape index (κ1) is 12.4. The maximum absolute atomic E-state index is 9.71. The van der Waals surface area contributed by atoms with Crippen molar-refractivity contribution >= 4 is 0 Å². The lowest BCUT2D eigenvalue weighted by atomic mass is 9.83. The molecular weight excluding hydrogens is 234 g/mol. The molecule has 2 nitrogen and oxygen atoms in total.